The van der Waals surface area contributed by atoms with Gasteiger partial charge >= 0.3 is 23.5 Å². The van der Waals surface area contributed by atoms with Crippen LogP contribution in [0.2, 0.25) is 0 Å². The summed E-state index contributed by atoms with van der Waals surface area (Å²) in [4.78, 5) is 55.7. The number of rotatable bonds is 4. The number of ether oxygens (including phenoxy) is 2. The first kappa shape index (κ1) is 14.9. The van der Waals surface area contributed by atoms with E-state index < -0.39 is 35.1 Å². The lowest BCUT2D eigenvalue weighted by molar-refractivity contribution is -0.187. The largest absolute Gasteiger partial charge is 0.431 e. The molecule has 94 valence electrons. The fraction of sp³-hybridized carbons (Fsp3) is 0.500. The number of Topliss-reactive ketones (excluding diaryl/α,β-unsaturated/α-hetero) is 2. The number of hydrogen-bond donors (Lipinski definition) is 0. The molecule has 0 radical (unpaired) electrons. The molecule has 0 saturated carbocycles. The Labute approximate surface area is 97.1 Å². The van der Waals surface area contributed by atoms with Crippen LogP contribution in [-0.2, 0) is 33.4 Å². The van der Waals surface area contributed by atoms with E-state index in [0.717, 1.165) is 27.7 Å². The molecule has 0 aromatic rings. The highest BCUT2D eigenvalue weighted by Gasteiger charge is 2.54. The van der Waals surface area contributed by atoms with E-state index in [1.807, 2.05) is 0 Å². The molecule has 0 aromatic carbocycles. The Bertz CT molecular complexity index is 379. The standard InChI is InChI=1S/C10H12O7/c1-5(11)10(6(2)12,17-8(4)14)9(15)16-7(3)13/h1-4H3. The van der Waals surface area contributed by atoms with E-state index in [4.69, 9.17) is 0 Å². The highest BCUT2D eigenvalue weighted by molar-refractivity contribution is 6.27. The quantitative estimate of drug-likeness (QED) is 0.487. The normalized spacial score (nSPS) is 10.4. The summed E-state index contributed by atoms with van der Waals surface area (Å²) in [6, 6.07) is 0. The van der Waals surface area contributed by atoms with E-state index in [1.54, 1.807) is 0 Å². The summed E-state index contributed by atoms with van der Waals surface area (Å²) in [6.45, 7) is 3.59. The minimum absolute atomic E-state index is 0.881. The number of esters is 3. The van der Waals surface area contributed by atoms with Gasteiger partial charge in [0, 0.05) is 13.8 Å². The minimum Gasteiger partial charge on any atom is -0.431 e. The zero-order valence-corrected chi connectivity index (χ0v) is 9.86. The fourth-order valence-electron chi connectivity index (χ4n) is 1.14. The first-order chi connectivity index (χ1) is 7.64. The smallest absolute Gasteiger partial charge is 0.374 e. The maximum absolute atomic E-state index is 11.5. The Morgan fingerprint density at radius 1 is 0.765 bits per heavy atom. The molecular formula is C10H12O7. The van der Waals surface area contributed by atoms with Crippen LogP contribution in [0.15, 0.2) is 0 Å². The van der Waals surface area contributed by atoms with Gasteiger partial charge in [-0.05, 0) is 13.8 Å². The second kappa shape index (κ2) is 5.33. The lowest BCUT2D eigenvalue weighted by atomic mass is 9.94. The Hall–Kier alpha value is -2.05. The van der Waals surface area contributed by atoms with Crippen molar-refractivity contribution in [2.75, 3.05) is 0 Å². The maximum Gasteiger partial charge on any atom is 0.374 e. The molecule has 0 heterocycles. The second-order valence-electron chi connectivity index (χ2n) is 3.27. The molecule has 0 bridgehead atoms. The van der Waals surface area contributed by atoms with Gasteiger partial charge in [0.15, 0.2) is 11.6 Å². The summed E-state index contributed by atoms with van der Waals surface area (Å²) >= 11 is 0. The van der Waals surface area contributed by atoms with Crippen LogP contribution < -0.4 is 0 Å². The van der Waals surface area contributed by atoms with E-state index in [2.05, 4.69) is 9.47 Å². The van der Waals surface area contributed by atoms with Crippen molar-refractivity contribution in [2.45, 2.75) is 33.3 Å². The molecule has 0 unspecified atom stereocenters. The van der Waals surface area contributed by atoms with Crippen molar-refractivity contribution in [3.8, 4) is 0 Å². The van der Waals surface area contributed by atoms with Crippen molar-refractivity contribution < 1.29 is 33.4 Å². The van der Waals surface area contributed by atoms with Crippen molar-refractivity contribution in [1.82, 2.24) is 0 Å². The summed E-state index contributed by atoms with van der Waals surface area (Å²) < 4.78 is 8.60. The highest BCUT2D eigenvalue weighted by atomic mass is 16.6. The van der Waals surface area contributed by atoms with Crippen molar-refractivity contribution in [3.63, 3.8) is 0 Å². The maximum atomic E-state index is 11.5. The molecule has 0 aromatic heterocycles. The molecular weight excluding hydrogens is 232 g/mol. The van der Waals surface area contributed by atoms with E-state index in [-0.39, 0.29) is 0 Å². The molecule has 0 aliphatic heterocycles. The van der Waals surface area contributed by atoms with E-state index in [9.17, 15) is 24.0 Å². The molecule has 7 nitrogen and oxygen atoms in total. The van der Waals surface area contributed by atoms with E-state index >= 15 is 0 Å². The van der Waals surface area contributed by atoms with Crippen LogP contribution in [0.1, 0.15) is 27.7 Å². The molecule has 7 heteroatoms. The Morgan fingerprint density at radius 2 is 1.18 bits per heavy atom. The SMILES string of the molecule is CC(=O)OC(=O)C(OC(C)=O)(C(C)=O)C(C)=O. The number of hydrogen-bond acceptors (Lipinski definition) is 7. The number of carbonyl (C=O) groups excluding carboxylic acids is 5. The van der Waals surface area contributed by atoms with Crippen molar-refractivity contribution in [3.05, 3.63) is 0 Å². The van der Waals surface area contributed by atoms with Gasteiger partial charge < -0.3 is 9.47 Å². The summed E-state index contributed by atoms with van der Waals surface area (Å²) in [6.07, 6.45) is 0. The van der Waals surface area contributed by atoms with Crippen LogP contribution >= 0.6 is 0 Å². The molecule has 0 saturated heterocycles. The minimum atomic E-state index is -2.70. The third kappa shape index (κ3) is 3.20. The topological polar surface area (TPSA) is 104 Å². The first-order valence-electron chi connectivity index (χ1n) is 4.59. The highest BCUT2D eigenvalue weighted by Crippen LogP contribution is 2.17. The Kier molecular flexibility index (Phi) is 4.69. The Morgan fingerprint density at radius 3 is 1.41 bits per heavy atom. The molecule has 0 aliphatic carbocycles. The predicted octanol–water partition coefficient (Wildman–Crippen LogP) is -0.444. The average Bonchev–Trinajstić information content (AvgIpc) is 2.10. The number of carbonyl (C=O) groups is 5. The lowest BCUT2D eigenvalue weighted by Gasteiger charge is -2.24. The van der Waals surface area contributed by atoms with Gasteiger partial charge in [-0.15, -0.1) is 0 Å². The van der Waals surface area contributed by atoms with E-state index in [1.165, 1.54) is 0 Å². The second-order valence-corrected chi connectivity index (χ2v) is 3.27. The predicted molar refractivity (Wildman–Crippen MR) is 52.6 cm³/mol. The molecule has 0 atom stereocenters. The summed E-state index contributed by atoms with van der Waals surface area (Å²) in [5.41, 5.74) is -2.70. The third-order valence-corrected chi connectivity index (χ3v) is 1.81. The first-order valence-corrected chi connectivity index (χ1v) is 4.59. The Balaban J connectivity index is 5.55. The van der Waals surface area contributed by atoms with Gasteiger partial charge in [-0.25, -0.2) is 4.79 Å². The van der Waals surface area contributed by atoms with Crippen LogP contribution in [0.4, 0.5) is 0 Å². The fourth-order valence-corrected chi connectivity index (χ4v) is 1.14. The molecule has 0 amide bonds. The van der Waals surface area contributed by atoms with Crippen molar-refractivity contribution in [2.24, 2.45) is 0 Å². The summed E-state index contributed by atoms with van der Waals surface area (Å²) in [5, 5.41) is 0. The molecule has 0 aliphatic rings. The molecule has 0 N–H and O–H groups in total. The average molecular weight is 244 g/mol. The van der Waals surface area contributed by atoms with Gasteiger partial charge in [0.25, 0.3) is 0 Å². The molecule has 0 spiro atoms. The zero-order valence-electron chi connectivity index (χ0n) is 9.86. The van der Waals surface area contributed by atoms with Gasteiger partial charge in [0.1, 0.15) is 0 Å². The van der Waals surface area contributed by atoms with Crippen LogP contribution in [0.5, 0.6) is 0 Å². The van der Waals surface area contributed by atoms with Gasteiger partial charge in [-0.3, -0.25) is 19.2 Å². The van der Waals surface area contributed by atoms with Crippen LogP contribution in [0.25, 0.3) is 0 Å². The van der Waals surface area contributed by atoms with E-state index in [0.29, 0.717) is 0 Å². The number of ketones is 2. The third-order valence-electron chi connectivity index (χ3n) is 1.81. The van der Waals surface area contributed by atoms with Crippen LogP contribution in [0.3, 0.4) is 0 Å². The lowest BCUT2D eigenvalue weighted by Crippen LogP contribution is -2.55. The van der Waals surface area contributed by atoms with Gasteiger partial charge in [-0.2, -0.15) is 0 Å². The molecule has 0 rings (SSSR count). The van der Waals surface area contributed by atoms with Crippen LogP contribution in [-0.4, -0.2) is 35.1 Å². The molecule has 0 fully saturated rings. The van der Waals surface area contributed by atoms with Crippen molar-refractivity contribution >= 4 is 29.5 Å². The van der Waals surface area contributed by atoms with Gasteiger partial charge in [0.2, 0.25) is 0 Å². The van der Waals surface area contributed by atoms with Crippen LogP contribution in [0, 0.1) is 0 Å². The zero-order chi connectivity index (χ0) is 13.8. The summed E-state index contributed by atoms with van der Waals surface area (Å²) in [7, 11) is 0. The summed E-state index contributed by atoms with van der Waals surface area (Å²) in [5.74, 6) is -5.62. The van der Waals surface area contributed by atoms with Gasteiger partial charge in [-0.1, -0.05) is 0 Å². The van der Waals surface area contributed by atoms with Crippen molar-refractivity contribution in [1.29, 1.82) is 0 Å². The monoisotopic (exact) mass is 244 g/mol. The molecule has 17 heavy (non-hydrogen) atoms. The van der Waals surface area contributed by atoms with Gasteiger partial charge in [0.05, 0.1) is 0 Å².